The molecule has 0 spiro atoms. The molecule has 4 aromatic rings. The molecule has 0 bridgehead atoms. The van der Waals surface area contributed by atoms with Crippen LogP contribution in [0.1, 0.15) is 5.56 Å². The molecular weight excluding hydrogens is 342 g/mol. The second-order valence-corrected chi connectivity index (χ2v) is 5.90. The van der Waals surface area contributed by atoms with E-state index >= 15 is 0 Å². The Labute approximate surface area is 155 Å². The van der Waals surface area contributed by atoms with Gasteiger partial charge in [0.15, 0.2) is 17.5 Å². The number of hydrogen-bond acceptors (Lipinski definition) is 8. The molecular formula is C19H17N7O. The number of fused-ring (bicyclic) bond motifs is 1. The van der Waals surface area contributed by atoms with Crippen molar-refractivity contribution in [1.29, 1.82) is 0 Å². The minimum atomic E-state index is -0.0763. The van der Waals surface area contributed by atoms with Gasteiger partial charge in [-0.1, -0.05) is 12.1 Å². The van der Waals surface area contributed by atoms with E-state index in [1.54, 1.807) is 12.3 Å². The van der Waals surface area contributed by atoms with Crippen molar-refractivity contribution in [2.24, 2.45) is 0 Å². The summed E-state index contributed by atoms with van der Waals surface area (Å²) in [6, 6.07) is 13.2. The second kappa shape index (κ2) is 7.12. The number of aromatic nitrogens is 4. The highest BCUT2D eigenvalue weighted by Crippen LogP contribution is 2.21. The Morgan fingerprint density at radius 3 is 2.81 bits per heavy atom. The van der Waals surface area contributed by atoms with E-state index in [9.17, 15) is 5.11 Å². The van der Waals surface area contributed by atoms with E-state index in [4.69, 9.17) is 5.73 Å². The minimum Gasteiger partial charge on any atom is -0.493 e. The maximum Gasteiger partial charge on any atom is 0.212 e. The van der Waals surface area contributed by atoms with Gasteiger partial charge in [-0.2, -0.15) is 0 Å². The van der Waals surface area contributed by atoms with Gasteiger partial charge in [0.05, 0.1) is 11.7 Å². The van der Waals surface area contributed by atoms with E-state index in [0.717, 1.165) is 16.5 Å². The van der Waals surface area contributed by atoms with E-state index in [0.29, 0.717) is 29.7 Å². The van der Waals surface area contributed by atoms with Crippen LogP contribution in [0, 0.1) is 0 Å². The number of nitrogens with one attached hydrogen (secondary N) is 2. The zero-order valence-corrected chi connectivity index (χ0v) is 14.3. The van der Waals surface area contributed by atoms with Crippen LogP contribution in [-0.2, 0) is 6.54 Å². The summed E-state index contributed by atoms with van der Waals surface area (Å²) in [5.41, 5.74) is 8.61. The summed E-state index contributed by atoms with van der Waals surface area (Å²) in [5.74, 6) is 1.21. The fourth-order valence-electron chi connectivity index (χ4n) is 2.65. The zero-order chi connectivity index (χ0) is 18.6. The molecule has 0 aliphatic carbocycles. The molecule has 0 radical (unpaired) electrons. The van der Waals surface area contributed by atoms with Crippen LogP contribution in [0.2, 0.25) is 0 Å². The van der Waals surface area contributed by atoms with Gasteiger partial charge in [-0.3, -0.25) is 4.98 Å². The maximum atomic E-state index is 9.45. The predicted molar refractivity (Wildman–Crippen MR) is 105 cm³/mol. The quantitative estimate of drug-likeness (QED) is 0.429. The lowest BCUT2D eigenvalue weighted by Crippen LogP contribution is -2.07. The number of nitrogen functional groups attached to an aromatic ring is 1. The normalized spacial score (nSPS) is 10.7. The third-order valence-corrected chi connectivity index (χ3v) is 3.95. The topological polar surface area (TPSA) is 122 Å². The van der Waals surface area contributed by atoms with Crippen molar-refractivity contribution in [3.8, 4) is 5.88 Å². The molecule has 0 aliphatic heterocycles. The lowest BCUT2D eigenvalue weighted by molar-refractivity contribution is 0.454. The van der Waals surface area contributed by atoms with Crippen LogP contribution in [0.5, 0.6) is 5.88 Å². The van der Waals surface area contributed by atoms with Gasteiger partial charge in [0.1, 0.15) is 0 Å². The summed E-state index contributed by atoms with van der Waals surface area (Å²) in [5, 5.41) is 16.8. The van der Waals surface area contributed by atoms with Crippen molar-refractivity contribution in [3.05, 3.63) is 66.6 Å². The smallest absolute Gasteiger partial charge is 0.212 e. The largest absolute Gasteiger partial charge is 0.493 e. The van der Waals surface area contributed by atoms with Crippen molar-refractivity contribution < 1.29 is 5.11 Å². The Balaban J connectivity index is 1.50. The first-order valence-corrected chi connectivity index (χ1v) is 8.29. The van der Waals surface area contributed by atoms with Crippen molar-refractivity contribution in [3.63, 3.8) is 0 Å². The number of rotatable bonds is 5. The summed E-state index contributed by atoms with van der Waals surface area (Å²) < 4.78 is 0. The molecule has 3 heterocycles. The Bertz CT molecular complexity index is 1100. The van der Waals surface area contributed by atoms with Crippen LogP contribution in [0.3, 0.4) is 0 Å². The van der Waals surface area contributed by atoms with Crippen molar-refractivity contribution >= 4 is 34.0 Å². The molecule has 4 rings (SSSR count). The summed E-state index contributed by atoms with van der Waals surface area (Å²) in [6.07, 6.45) is 4.80. The zero-order valence-electron chi connectivity index (χ0n) is 14.3. The first-order chi connectivity index (χ1) is 13.2. The SMILES string of the molecule is Nc1ncc(Nc2ccnc(O)c2)nc1NCc1ccc2ncccc2c1. The van der Waals surface area contributed by atoms with Crippen LogP contribution < -0.4 is 16.4 Å². The standard InChI is InChI=1S/C19H17N7O/c20-18-19(24-10-12-3-4-15-13(8-12)2-1-6-21-15)26-16(11-23-18)25-14-5-7-22-17(27)9-14/h1-9,11H,10H2,(H2,20,23)(H3,22,24,25,26,27). The monoisotopic (exact) mass is 359 g/mol. The molecule has 0 amide bonds. The van der Waals surface area contributed by atoms with Crippen LogP contribution in [0.25, 0.3) is 10.9 Å². The number of benzene rings is 1. The van der Waals surface area contributed by atoms with Crippen molar-refractivity contribution in [2.75, 3.05) is 16.4 Å². The fourth-order valence-corrected chi connectivity index (χ4v) is 2.65. The number of nitrogens with zero attached hydrogens (tertiary/aromatic N) is 4. The lowest BCUT2D eigenvalue weighted by Gasteiger charge is -2.11. The second-order valence-electron chi connectivity index (χ2n) is 5.90. The van der Waals surface area contributed by atoms with E-state index in [-0.39, 0.29) is 5.88 Å². The highest BCUT2D eigenvalue weighted by atomic mass is 16.3. The number of nitrogens with two attached hydrogens (primary N) is 1. The molecule has 0 fully saturated rings. The van der Waals surface area contributed by atoms with Crippen molar-refractivity contribution in [1.82, 2.24) is 19.9 Å². The van der Waals surface area contributed by atoms with Gasteiger partial charge < -0.3 is 21.5 Å². The van der Waals surface area contributed by atoms with Crippen LogP contribution in [-0.4, -0.2) is 25.0 Å². The highest BCUT2D eigenvalue weighted by molar-refractivity contribution is 5.79. The first-order valence-electron chi connectivity index (χ1n) is 8.29. The predicted octanol–water partition coefficient (Wildman–Crippen LogP) is 3.06. The average Bonchev–Trinajstić information content (AvgIpc) is 2.68. The molecule has 0 saturated heterocycles. The van der Waals surface area contributed by atoms with Crippen LogP contribution >= 0.6 is 0 Å². The number of aromatic hydroxyl groups is 1. The van der Waals surface area contributed by atoms with Gasteiger partial charge in [-0.05, 0) is 29.8 Å². The van der Waals surface area contributed by atoms with Gasteiger partial charge in [0, 0.05) is 36.1 Å². The van der Waals surface area contributed by atoms with Gasteiger partial charge in [-0.15, -0.1) is 0 Å². The molecule has 0 saturated carbocycles. The summed E-state index contributed by atoms with van der Waals surface area (Å²) >= 11 is 0. The van der Waals surface area contributed by atoms with E-state index in [1.165, 1.54) is 18.5 Å². The summed E-state index contributed by atoms with van der Waals surface area (Å²) in [4.78, 5) is 16.7. The third kappa shape index (κ3) is 3.84. The summed E-state index contributed by atoms with van der Waals surface area (Å²) in [6.45, 7) is 0.545. The maximum absolute atomic E-state index is 9.45. The minimum absolute atomic E-state index is 0.0763. The Hall–Kier alpha value is -3.94. The molecule has 0 aliphatic rings. The van der Waals surface area contributed by atoms with Gasteiger partial charge in [0.25, 0.3) is 0 Å². The van der Waals surface area contributed by atoms with Gasteiger partial charge in [-0.25, -0.2) is 15.0 Å². The molecule has 3 aromatic heterocycles. The van der Waals surface area contributed by atoms with E-state index in [2.05, 4.69) is 36.6 Å². The van der Waals surface area contributed by atoms with Gasteiger partial charge in [0.2, 0.25) is 5.88 Å². The number of anilines is 4. The molecule has 5 N–H and O–H groups in total. The molecule has 8 nitrogen and oxygen atoms in total. The Kier molecular flexibility index (Phi) is 4.36. The number of hydrogen-bond donors (Lipinski definition) is 4. The van der Waals surface area contributed by atoms with E-state index in [1.807, 2.05) is 24.3 Å². The van der Waals surface area contributed by atoms with Crippen LogP contribution in [0.15, 0.2) is 61.1 Å². The first kappa shape index (κ1) is 16.5. The van der Waals surface area contributed by atoms with Crippen molar-refractivity contribution in [2.45, 2.75) is 6.54 Å². The molecule has 8 heteroatoms. The Morgan fingerprint density at radius 2 is 1.93 bits per heavy atom. The van der Waals surface area contributed by atoms with E-state index < -0.39 is 0 Å². The summed E-state index contributed by atoms with van der Waals surface area (Å²) in [7, 11) is 0. The molecule has 0 atom stereocenters. The Morgan fingerprint density at radius 1 is 1.00 bits per heavy atom. The fraction of sp³-hybridized carbons (Fsp3) is 0.0526. The highest BCUT2D eigenvalue weighted by Gasteiger charge is 2.06. The lowest BCUT2D eigenvalue weighted by atomic mass is 10.1. The average molecular weight is 359 g/mol. The third-order valence-electron chi connectivity index (χ3n) is 3.95. The molecule has 0 unspecified atom stereocenters. The van der Waals surface area contributed by atoms with Gasteiger partial charge >= 0.3 is 0 Å². The van der Waals surface area contributed by atoms with Crippen LogP contribution in [0.4, 0.5) is 23.1 Å². The molecule has 27 heavy (non-hydrogen) atoms. The number of pyridine rings is 2. The molecule has 134 valence electrons. The molecule has 1 aromatic carbocycles.